The molecule has 0 radical (unpaired) electrons. The number of carbonyl (C=O) groups excluding carboxylic acids is 2. The third-order valence-electron chi connectivity index (χ3n) is 6.24. The lowest BCUT2D eigenvalue weighted by atomic mass is 10.0. The Morgan fingerprint density at radius 3 is 2.47 bits per heavy atom. The highest BCUT2D eigenvalue weighted by molar-refractivity contribution is 5.91. The zero-order chi connectivity index (χ0) is 31.0. The van der Waals surface area contributed by atoms with E-state index in [1.807, 2.05) is 30.3 Å². The highest BCUT2D eigenvalue weighted by Crippen LogP contribution is 2.24. The molecule has 0 aliphatic carbocycles. The maximum atomic E-state index is 14.7. The summed E-state index contributed by atoms with van der Waals surface area (Å²) < 4.78 is 72.0. The number of hydrogen-bond donors (Lipinski definition) is 1. The molecule has 43 heavy (non-hydrogen) atoms. The Balaban J connectivity index is 1.24. The van der Waals surface area contributed by atoms with Crippen molar-refractivity contribution >= 4 is 11.7 Å². The van der Waals surface area contributed by atoms with Crippen LogP contribution in [0.3, 0.4) is 0 Å². The van der Waals surface area contributed by atoms with Crippen LogP contribution in [-0.4, -0.2) is 43.8 Å². The highest BCUT2D eigenvalue weighted by atomic mass is 19.4. The zero-order valence-electron chi connectivity index (χ0n) is 22.6. The number of nitrogens with zero attached hydrogens (tertiary/aromatic N) is 4. The van der Waals surface area contributed by atoms with Crippen molar-refractivity contribution in [2.24, 2.45) is 0 Å². The molecule has 14 heteroatoms. The Bertz CT molecular complexity index is 1620. The van der Waals surface area contributed by atoms with Gasteiger partial charge in [-0.05, 0) is 41.8 Å². The first-order valence-corrected chi connectivity index (χ1v) is 13.1. The Labute approximate surface area is 241 Å². The van der Waals surface area contributed by atoms with Crippen molar-refractivity contribution < 1.29 is 36.3 Å². The molecule has 2 aromatic carbocycles. The van der Waals surface area contributed by atoms with Crippen LogP contribution < -0.4 is 15.6 Å². The second kappa shape index (κ2) is 13.9. The van der Waals surface area contributed by atoms with E-state index in [0.717, 1.165) is 34.6 Å². The maximum absolute atomic E-state index is 14.7. The number of alkyl halides is 4. The van der Waals surface area contributed by atoms with Crippen LogP contribution in [0.2, 0.25) is 0 Å². The molecule has 0 bridgehead atoms. The second-order valence-corrected chi connectivity index (χ2v) is 9.64. The van der Waals surface area contributed by atoms with E-state index in [2.05, 4.69) is 20.4 Å². The Hall–Kier alpha value is -4.88. The van der Waals surface area contributed by atoms with E-state index >= 15 is 0 Å². The number of carbonyl (C=O) groups is 2. The average molecular weight is 604 g/mol. The summed E-state index contributed by atoms with van der Waals surface area (Å²) in [6.45, 7) is -0.678. The van der Waals surface area contributed by atoms with Crippen LogP contribution >= 0.6 is 0 Å². The minimum Gasteiger partial charge on any atom is -0.406 e. The number of rotatable bonds is 13. The quantitative estimate of drug-likeness (QED) is 0.230. The number of aryl methyl sites for hydroxylation is 1. The molecule has 0 aliphatic heterocycles. The molecular weight excluding hydrogens is 577 g/mol. The number of nitrogens with one attached hydrogen (secondary N) is 1. The predicted octanol–water partition coefficient (Wildman–Crippen LogP) is 4.19. The standard InChI is InChI=1S/C29H26F5N5O4/c30-22(9-11-38-10-8-20(14-27(38)41)13-23(40)12-19-4-2-1-3-5-19)17-39-18-26(36-37-39)28(42)35-16-21-15-24(6-7-25(21)31)43-29(32,33)34/h1-8,10,14-15,18,22H,9,11-13,16-17H2,(H,35,42). The summed E-state index contributed by atoms with van der Waals surface area (Å²) in [5.74, 6) is -2.35. The number of benzene rings is 2. The van der Waals surface area contributed by atoms with Crippen molar-refractivity contribution in [3.8, 4) is 5.75 Å². The van der Waals surface area contributed by atoms with E-state index in [1.54, 1.807) is 6.07 Å². The number of Topliss-reactive ketones (excluding diaryl/α,β-unsaturated/α-hetero) is 1. The Kier molecular flexibility index (Phi) is 10.0. The van der Waals surface area contributed by atoms with Crippen molar-refractivity contribution in [3.63, 3.8) is 0 Å². The molecule has 0 spiro atoms. The molecule has 2 heterocycles. The maximum Gasteiger partial charge on any atom is 0.573 e. The molecule has 0 saturated carbocycles. The molecular formula is C29H26F5N5O4. The van der Waals surface area contributed by atoms with Crippen molar-refractivity contribution in [2.75, 3.05) is 0 Å². The lowest BCUT2D eigenvalue weighted by Crippen LogP contribution is -2.24. The number of aromatic nitrogens is 4. The summed E-state index contributed by atoms with van der Waals surface area (Å²) in [6.07, 6.45) is -3.44. The largest absolute Gasteiger partial charge is 0.573 e. The predicted molar refractivity (Wildman–Crippen MR) is 143 cm³/mol. The fraction of sp³-hybridized carbons (Fsp3) is 0.276. The molecule has 1 atom stereocenters. The fourth-order valence-electron chi connectivity index (χ4n) is 4.17. The van der Waals surface area contributed by atoms with Crippen LogP contribution in [0.1, 0.15) is 33.6 Å². The topological polar surface area (TPSA) is 108 Å². The molecule has 0 fully saturated rings. The Morgan fingerprint density at radius 2 is 1.74 bits per heavy atom. The van der Waals surface area contributed by atoms with Gasteiger partial charge in [-0.1, -0.05) is 35.5 Å². The van der Waals surface area contributed by atoms with Crippen molar-refractivity contribution in [1.82, 2.24) is 24.9 Å². The van der Waals surface area contributed by atoms with Crippen LogP contribution in [0.25, 0.3) is 0 Å². The van der Waals surface area contributed by atoms with Gasteiger partial charge in [-0.3, -0.25) is 14.4 Å². The van der Waals surface area contributed by atoms with Gasteiger partial charge >= 0.3 is 6.36 Å². The zero-order valence-corrected chi connectivity index (χ0v) is 22.6. The molecule has 2 aromatic heterocycles. The smallest absolute Gasteiger partial charge is 0.406 e. The summed E-state index contributed by atoms with van der Waals surface area (Å²) in [6, 6.07) is 14.6. The van der Waals surface area contributed by atoms with E-state index < -0.39 is 36.6 Å². The van der Waals surface area contributed by atoms with Crippen molar-refractivity contribution in [1.29, 1.82) is 0 Å². The molecule has 1 N–H and O–H groups in total. The monoisotopic (exact) mass is 603 g/mol. The van der Waals surface area contributed by atoms with Gasteiger partial charge in [0.1, 0.15) is 23.5 Å². The van der Waals surface area contributed by atoms with E-state index in [4.69, 9.17) is 0 Å². The summed E-state index contributed by atoms with van der Waals surface area (Å²) in [4.78, 5) is 37.2. The average Bonchev–Trinajstić information content (AvgIpc) is 3.41. The van der Waals surface area contributed by atoms with Crippen LogP contribution in [0.5, 0.6) is 5.75 Å². The van der Waals surface area contributed by atoms with E-state index in [9.17, 15) is 36.3 Å². The normalized spacial score (nSPS) is 12.1. The first-order chi connectivity index (χ1) is 20.4. The molecule has 4 aromatic rings. The van der Waals surface area contributed by atoms with Crippen molar-refractivity contribution in [3.05, 3.63) is 112 Å². The fourth-order valence-corrected chi connectivity index (χ4v) is 4.17. The summed E-state index contributed by atoms with van der Waals surface area (Å²) in [5.41, 5.74) is 0.605. The van der Waals surface area contributed by atoms with Gasteiger partial charge < -0.3 is 14.6 Å². The van der Waals surface area contributed by atoms with Crippen LogP contribution in [0.4, 0.5) is 22.0 Å². The first kappa shape index (κ1) is 31.1. The van der Waals surface area contributed by atoms with E-state index in [0.29, 0.717) is 5.56 Å². The van der Waals surface area contributed by atoms with Crippen molar-refractivity contribution in [2.45, 2.75) is 51.4 Å². The van der Waals surface area contributed by atoms with Gasteiger partial charge in [0.05, 0.1) is 12.7 Å². The number of ketones is 1. The molecule has 1 unspecified atom stereocenters. The summed E-state index contributed by atoms with van der Waals surface area (Å²) in [7, 11) is 0. The van der Waals surface area contributed by atoms with Gasteiger partial charge in [0.15, 0.2) is 5.69 Å². The molecule has 0 saturated heterocycles. The summed E-state index contributed by atoms with van der Waals surface area (Å²) in [5, 5.41) is 9.65. The lowest BCUT2D eigenvalue weighted by Gasteiger charge is -2.11. The lowest BCUT2D eigenvalue weighted by molar-refractivity contribution is -0.274. The van der Waals surface area contributed by atoms with Crippen LogP contribution in [0, 0.1) is 5.82 Å². The SMILES string of the molecule is O=C(Cc1ccccc1)Cc1ccn(CCC(F)Cn2cc(C(=O)NCc3cc(OC(F)(F)F)ccc3F)nn2)c(=O)c1. The Morgan fingerprint density at radius 1 is 1.00 bits per heavy atom. The van der Waals surface area contributed by atoms with Gasteiger partial charge in [0.2, 0.25) is 0 Å². The van der Waals surface area contributed by atoms with Crippen LogP contribution in [-0.2, 0) is 37.3 Å². The van der Waals surface area contributed by atoms with Gasteiger partial charge in [0.25, 0.3) is 11.5 Å². The number of amides is 1. The van der Waals surface area contributed by atoms with Gasteiger partial charge in [0, 0.05) is 43.8 Å². The number of ether oxygens (including phenoxy) is 1. The number of pyridine rings is 1. The molecule has 226 valence electrons. The van der Waals surface area contributed by atoms with Gasteiger partial charge in [-0.2, -0.15) is 0 Å². The molecule has 1 amide bonds. The second-order valence-electron chi connectivity index (χ2n) is 9.64. The summed E-state index contributed by atoms with van der Waals surface area (Å²) >= 11 is 0. The highest BCUT2D eigenvalue weighted by Gasteiger charge is 2.31. The minimum atomic E-state index is -4.96. The first-order valence-electron chi connectivity index (χ1n) is 13.1. The van der Waals surface area contributed by atoms with E-state index in [1.165, 1.54) is 16.8 Å². The van der Waals surface area contributed by atoms with Gasteiger partial charge in [-0.15, -0.1) is 18.3 Å². The molecule has 4 rings (SSSR count). The van der Waals surface area contributed by atoms with Crippen LogP contribution in [0.15, 0.2) is 77.9 Å². The van der Waals surface area contributed by atoms with Gasteiger partial charge in [-0.25, -0.2) is 13.5 Å². The molecule has 0 aliphatic rings. The number of hydrogen-bond acceptors (Lipinski definition) is 6. The third-order valence-corrected chi connectivity index (χ3v) is 6.24. The number of halogens is 5. The minimum absolute atomic E-state index is 0.0371. The third kappa shape index (κ3) is 9.58. The van der Waals surface area contributed by atoms with E-state index in [-0.39, 0.29) is 55.0 Å². The molecule has 9 nitrogen and oxygen atoms in total.